The third-order valence-electron chi connectivity index (χ3n) is 3.06. The maximum Gasteiger partial charge on any atom is 0.0480 e. The highest BCUT2D eigenvalue weighted by Crippen LogP contribution is 2.21. The molecule has 2 N–H and O–H groups in total. The lowest BCUT2D eigenvalue weighted by Gasteiger charge is -2.16. The Bertz CT molecular complexity index is 499. The number of rotatable bonds is 4. The largest absolute Gasteiger partial charge is 0.350 e. The molecule has 0 bridgehead atoms. The summed E-state index contributed by atoms with van der Waals surface area (Å²) >= 11 is 0. The summed E-state index contributed by atoms with van der Waals surface area (Å²) in [7, 11) is 6.20. The van der Waals surface area contributed by atoms with Crippen LogP contribution in [0, 0.1) is 0 Å². The van der Waals surface area contributed by atoms with Gasteiger partial charge in [0.15, 0.2) is 0 Å². The van der Waals surface area contributed by atoms with Gasteiger partial charge < -0.3 is 15.2 Å². The van der Waals surface area contributed by atoms with E-state index in [1.807, 2.05) is 0 Å². The molecule has 3 heteroatoms. The van der Waals surface area contributed by atoms with Crippen LogP contribution in [0.2, 0.25) is 0 Å². The van der Waals surface area contributed by atoms with Crippen LogP contribution in [0.1, 0.15) is 5.56 Å². The van der Waals surface area contributed by atoms with Crippen LogP contribution in [-0.4, -0.2) is 36.1 Å². The van der Waals surface area contributed by atoms with E-state index in [1.165, 1.54) is 16.5 Å². The number of aromatic nitrogens is 1. The minimum absolute atomic E-state index is 0.191. The molecule has 1 heterocycles. The minimum Gasteiger partial charge on any atom is -0.350 e. The number of hydrogen-bond acceptors (Lipinski definition) is 2. The summed E-state index contributed by atoms with van der Waals surface area (Å²) in [6, 6.07) is 8.68. The van der Waals surface area contributed by atoms with Gasteiger partial charge in [0.1, 0.15) is 0 Å². The van der Waals surface area contributed by atoms with Crippen LogP contribution in [0.25, 0.3) is 10.9 Å². The highest BCUT2D eigenvalue weighted by Gasteiger charge is 2.10. The van der Waals surface area contributed by atoms with Crippen molar-refractivity contribution in [2.24, 2.45) is 12.8 Å². The summed E-state index contributed by atoms with van der Waals surface area (Å²) in [4.78, 5) is 2.13. The molecular weight excluding hydrogens is 210 g/mol. The molecule has 2 aromatic rings. The molecule has 17 heavy (non-hydrogen) atoms. The molecule has 2 rings (SSSR count). The molecule has 1 aromatic carbocycles. The molecule has 1 unspecified atom stereocenters. The fourth-order valence-electron chi connectivity index (χ4n) is 2.40. The van der Waals surface area contributed by atoms with E-state index in [4.69, 9.17) is 5.73 Å². The Hall–Kier alpha value is -1.32. The third-order valence-corrected chi connectivity index (χ3v) is 3.06. The van der Waals surface area contributed by atoms with Gasteiger partial charge in [0.2, 0.25) is 0 Å². The molecule has 1 atom stereocenters. The Morgan fingerprint density at radius 1 is 1.29 bits per heavy atom. The standard InChI is InChI=1S/C14H21N3/c1-16(2)10-12(15)8-11-9-17(3)14-7-5-4-6-13(11)14/h4-7,9,12H,8,10,15H2,1-3H3. The molecule has 1 aromatic heterocycles. The van der Waals surface area contributed by atoms with Crippen molar-refractivity contribution in [3.05, 3.63) is 36.0 Å². The summed E-state index contributed by atoms with van der Waals surface area (Å²) in [5.41, 5.74) is 8.78. The highest BCUT2D eigenvalue weighted by molar-refractivity contribution is 5.83. The second kappa shape index (κ2) is 4.90. The molecule has 0 saturated carbocycles. The number of nitrogens with zero attached hydrogens (tertiary/aromatic N) is 2. The Morgan fingerprint density at radius 3 is 2.71 bits per heavy atom. The van der Waals surface area contributed by atoms with E-state index < -0.39 is 0 Å². The quantitative estimate of drug-likeness (QED) is 0.867. The number of hydrogen-bond donors (Lipinski definition) is 1. The van der Waals surface area contributed by atoms with Crippen molar-refractivity contribution in [2.75, 3.05) is 20.6 Å². The monoisotopic (exact) mass is 231 g/mol. The maximum atomic E-state index is 6.16. The van der Waals surface area contributed by atoms with Gasteiger partial charge in [0, 0.05) is 36.7 Å². The second-order valence-electron chi connectivity index (χ2n) is 5.01. The van der Waals surface area contributed by atoms with Crippen molar-refractivity contribution in [3.63, 3.8) is 0 Å². The van der Waals surface area contributed by atoms with Crippen LogP contribution in [0.4, 0.5) is 0 Å². The smallest absolute Gasteiger partial charge is 0.0480 e. The van der Waals surface area contributed by atoms with E-state index in [1.54, 1.807) is 0 Å². The maximum absolute atomic E-state index is 6.16. The van der Waals surface area contributed by atoms with Gasteiger partial charge in [-0.25, -0.2) is 0 Å². The minimum atomic E-state index is 0.191. The van der Waals surface area contributed by atoms with E-state index in [0.29, 0.717) is 0 Å². The number of likely N-dealkylation sites (N-methyl/N-ethyl adjacent to an activating group) is 1. The topological polar surface area (TPSA) is 34.2 Å². The lowest BCUT2D eigenvalue weighted by Crippen LogP contribution is -2.34. The van der Waals surface area contributed by atoms with Gasteiger partial charge in [-0.05, 0) is 32.1 Å². The van der Waals surface area contributed by atoms with E-state index >= 15 is 0 Å². The molecule has 0 fully saturated rings. The van der Waals surface area contributed by atoms with Crippen molar-refractivity contribution < 1.29 is 0 Å². The average Bonchev–Trinajstić information content (AvgIpc) is 2.55. The molecule has 92 valence electrons. The lowest BCUT2D eigenvalue weighted by molar-refractivity contribution is 0.371. The fraction of sp³-hybridized carbons (Fsp3) is 0.429. The third kappa shape index (κ3) is 2.68. The summed E-state index contributed by atoms with van der Waals surface area (Å²) in [6.45, 7) is 0.920. The molecular formula is C14H21N3. The number of nitrogens with two attached hydrogens (primary N) is 1. The van der Waals surface area contributed by atoms with Gasteiger partial charge in [-0.2, -0.15) is 0 Å². The van der Waals surface area contributed by atoms with Gasteiger partial charge in [0.05, 0.1) is 0 Å². The van der Waals surface area contributed by atoms with Crippen LogP contribution < -0.4 is 5.73 Å². The molecule has 0 aliphatic heterocycles. The van der Waals surface area contributed by atoms with Gasteiger partial charge in [-0.1, -0.05) is 18.2 Å². The van der Waals surface area contributed by atoms with Crippen LogP contribution in [0.15, 0.2) is 30.5 Å². The van der Waals surface area contributed by atoms with E-state index in [9.17, 15) is 0 Å². The van der Waals surface area contributed by atoms with Crippen molar-refractivity contribution in [3.8, 4) is 0 Å². The Kier molecular flexibility index (Phi) is 3.50. The van der Waals surface area contributed by atoms with Crippen molar-refractivity contribution in [1.29, 1.82) is 0 Å². The Balaban J connectivity index is 2.24. The SMILES string of the molecule is CN(C)CC(N)Cc1cn(C)c2ccccc12. The second-order valence-corrected chi connectivity index (χ2v) is 5.01. The first-order valence-electron chi connectivity index (χ1n) is 6.01. The number of aryl methyl sites for hydroxylation is 1. The zero-order valence-electron chi connectivity index (χ0n) is 10.9. The van der Waals surface area contributed by atoms with Gasteiger partial charge >= 0.3 is 0 Å². The van der Waals surface area contributed by atoms with Gasteiger partial charge in [-0.3, -0.25) is 0 Å². The predicted octanol–water partition coefficient (Wildman–Crippen LogP) is 1.61. The molecule has 0 spiro atoms. The predicted molar refractivity (Wildman–Crippen MR) is 73.2 cm³/mol. The fourth-order valence-corrected chi connectivity index (χ4v) is 2.40. The van der Waals surface area contributed by atoms with Crippen LogP contribution >= 0.6 is 0 Å². The molecule has 3 nitrogen and oxygen atoms in total. The number of benzene rings is 1. The first-order valence-corrected chi connectivity index (χ1v) is 6.01. The molecule has 0 aliphatic carbocycles. The summed E-state index contributed by atoms with van der Waals surface area (Å²) in [6.07, 6.45) is 3.12. The van der Waals surface area contributed by atoms with E-state index in [-0.39, 0.29) is 6.04 Å². The molecule has 0 aliphatic rings. The van der Waals surface area contributed by atoms with Crippen molar-refractivity contribution >= 4 is 10.9 Å². The Labute approximate surface area is 103 Å². The summed E-state index contributed by atoms with van der Waals surface area (Å²) < 4.78 is 2.17. The van der Waals surface area contributed by atoms with Crippen molar-refractivity contribution in [2.45, 2.75) is 12.5 Å². The lowest BCUT2D eigenvalue weighted by atomic mass is 10.1. The normalized spacial score (nSPS) is 13.5. The average molecular weight is 231 g/mol. The van der Waals surface area contributed by atoms with E-state index in [2.05, 4.69) is 61.1 Å². The van der Waals surface area contributed by atoms with Crippen molar-refractivity contribution in [1.82, 2.24) is 9.47 Å². The first-order chi connectivity index (χ1) is 8.08. The molecule has 0 radical (unpaired) electrons. The summed E-state index contributed by atoms with van der Waals surface area (Å²) in [5, 5.41) is 1.32. The molecule has 0 amide bonds. The van der Waals surface area contributed by atoms with Crippen LogP contribution in [-0.2, 0) is 13.5 Å². The highest BCUT2D eigenvalue weighted by atomic mass is 15.1. The Morgan fingerprint density at radius 2 is 2.00 bits per heavy atom. The van der Waals surface area contributed by atoms with E-state index in [0.717, 1.165) is 13.0 Å². The van der Waals surface area contributed by atoms with Gasteiger partial charge in [0.25, 0.3) is 0 Å². The first kappa shape index (κ1) is 12.1. The number of fused-ring (bicyclic) bond motifs is 1. The van der Waals surface area contributed by atoms with Crippen LogP contribution in [0.3, 0.4) is 0 Å². The zero-order valence-corrected chi connectivity index (χ0v) is 10.9. The summed E-state index contributed by atoms with van der Waals surface area (Å²) in [5.74, 6) is 0. The van der Waals surface area contributed by atoms with Crippen LogP contribution in [0.5, 0.6) is 0 Å². The molecule has 0 saturated heterocycles. The number of para-hydroxylation sites is 1. The van der Waals surface area contributed by atoms with Gasteiger partial charge in [-0.15, -0.1) is 0 Å². The zero-order chi connectivity index (χ0) is 12.4.